The molecule has 0 spiro atoms. The standard InChI is InChI=1S/C12H13NO/c1-3-9-4-6-11-10(8-9)5-7-12(13-11)14-2/h4-8H,3H2,1-2H3. The first-order chi connectivity index (χ1) is 6.83. The van der Waals surface area contributed by atoms with Crippen LogP contribution in [0.3, 0.4) is 0 Å². The average molecular weight is 187 g/mol. The molecule has 72 valence electrons. The molecule has 0 aliphatic heterocycles. The zero-order valence-electron chi connectivity index (χ0n) is 8.45. The minimum absolute atomic E-state index is 0.668. The molecule has 1 aromatic heterocycles. The monoisotopic (exact) mass is 187 g/mol. The van der Waals surface area contributed by atoms with Crippen molar-refractivity contribution in [2.24, 2.45) is 0 Å². The second kappa shape index (κ2) is 3.66. The van der Waals surface area contributed by atoms with Gasteiger partial charge in [0.15, 0.2) is 0 Å². The van der Waals surface area contributed by atoms with Crippen LogP contribution in [-0.2, 0) is 6.42 Å². The van der Waals surface area contributed by atoms with Crippen LogP contribution in [0, 0.1) is 0 Å². The van der Waals surface area contributed by atoms with Crippen LogP contribution in [0.1, 0.15) is 12.5 Å². The van der Waals surface area contributed by atoms with Gasteiger partial charge >= 0.3 is 0 Å². The molecule has 2 nitrogen and oxygen atoms in total. The molecule has 0 atom stereocenters. The van der Waals surface area contributed by atoms with Gasteiger partial charge in [0.2, 0.25) is 5.88 Å². The molecule has 0 radical (unpaired) electrons. The van der Waals surface area contributed by atoms with Crippen molar-refractivity contribution in [1.82, 2.24) is 4.98 Å². The summed E-state index contributed by atoms with van der Waals surface area (Å²) in [5, 5.41) is 1.17. The van der Waals surface area contributed by atoms with Gasteiger partial charge in [-0.1, -0.05) is 13.0 Å². The Balaban J connectivity index is 2.57. The van der Waals surface area contributed by atoms with Crippen LogP contribution >= 0.6 is 0 Å². The van der Waals surface area contributed by atoms with Gasteiger partial charge in [0, 0.05) is 11.5 Å². The smallest absolute Gasteiger partial charge is 0.213 e. The molecule has 2 heteroatoms. The van der Waals surface area contributed by atoms with E-state index in [2.05, 4.69) is 24.0 Å². The van der Waals surface area contributed by atoms with Gasteiger partial charge in [0.05, 0.1) is 12.6 Å². The highest BCUT2D eigenvalue weighted by Gasteiger charge is 1.98. The molecule has 14 heavy (non-hydrogen) atoms. The first-order valence-electron chi connectivity index (χ1n) is 4.77. The second-order valence-corrected chi connectivity index (χ2v) is 3.23. The molecular weight excluding hydrogens is 174 g/mol. The quantitative estimate of drug-likeness (QED) is 0.721. The summed E-state index contributed by atoms with van der Waals surface area (Å²) in [4.78, 5) is 4.35. The Bertz CT molecular complexity index is 408. The van der Waals surface area contributed by atoms with Crippen molar-refractivity contribution < 1.29 is 4.74 Å². The van der Waals surface area contributed by atoms with Crippen molar-refractivity contribution in [3.8, 4) is 5.88 Å². The topological polar surface area (TPSA) is 22.1 Å². The van der Waals surface area contributed by atoms with E-state index in [0.717, 1.165) is 11.9 Å². The van der Waals surface area contributed by atoms with E-state index in [9.17, 15) is 0 Å². The lowest BCUT2D eigenvalue weighted by molar-refractivity contribution is 0.399. The number of rotatable bonds is 2. The van der Waals surface area contributed by atoms with Gasteiger partial charge in [-0.05, 0) is 30.2 Å². The van der Waals surface area contributed by atoms with Gasteiger partial charge in [-0.25, -0.2) is 4.98 Å². The number of hydrogen-bond acceptors (Lipinski definition) is 2. The summed E-state index contributed by atoms with van der Waals surface area (Å²) in [6, 6.07) is 10.2. The first kappa shape index (κ1) is 9.00. The Kier molecular flexibility index (Phi) is 2.35. The molecule has 0 amide bonds. The van der Waals surface area contributed by atoms with Crippen LogP contribution in [0.15, 0.2) is 30.3 Å². The van der Waals surface area contributed by atoms with Crippen LogP contribution < -0.4 is 4.74 Å². The van der Waals surface area contributed by atoms with Gasteiger partial charge in [-0.2, -0.15) is 0 Å². The number of aromatic nitrogens is 1. The zero-order valence-corrected chi connectivity index (χ0v) is 8.45. The maximum Gasteiger partial charge on any atom is 0.213 e. The number of pyridine rings is 1. The SMILES string of the molecule is CCc1ccc2nc(OC)ccc2c1. The Morgan fingerprint density at radius 2 is 2.07 bits per heavy atom. The molecule has 0 unspecified atom stereocenters. The predicted molar refractivity (Wildman–Crippen MR) is 57.7 cm³/mol. The van der Waals surface area contributed by atoms with Gasteiger partial charge in [0.1, 0.15) is 0 Å². The summed E-state index contributed by atoms with van der Waals surface area (Å²) in [6.07, 6.45) is 1.06. The highest BCUT2D eigenvalue weighted by atomic mass is 16.5. The Morgan fingerprint density at radius 3 is 2.79 bits per heavy atom. The summed E-state index contributed by atoms with van der Waals surface area (Å²) in [7, 11) is 1.63. The van der Waals surface area contributed by atoms with E-state index in [1.807, 2.05) is 18.2 Å². The number of hydrogen-bond donors (Lipinski definition) is 0. The van der Waals surface area contributed by atoms with Crippen molar-refractivity contribution in [3.05, 3.63) is 35.9 Å². The van der Waals surface area contributed by atoms with Gasteiger partial charge < -0.3 is 4.74 Å². The molecule has 0 aliphatic carbocycles. The number of fused-ring (bicyclic) bond motifs is 1. The summed E-state index contributed by atoms with van der Waals surface area (Å²) < 4.78 is 5.07. The van der Waals surface area contributed by atoms with Crippen LogP contribution in [-0.4, -0.2) is 12.1 Å². The average Bonchev–Trinajstić information content (AvgIpc) is 2.27. The van der Waals surface area contributed by atoms with E-state index in [-0.39, 0.29) is 0 Å². The van der Waals surface area contributed by atoms with Gasteiger partial charge in [-0.15, -0.1) is 0 Å². The van der Waals surface area contributed by atoms with E-state index < -0.39 is 0 Å². The van der Waals surface area contributed by atoms with Crippen LogP contribution in [0.2, 0.25) is 0 Å². The normalized spacial score (nSPS) is 10.4. The van der Waals surface area contributed by atoms with E-state index in [1.54, 1.807) is 7.11 Å². The molecule has 0 saturated carbocycles. The second-order valence-electron chi connectivity index (χ2n) is 3.23. The summed E-state index contributed by atoms with van der Waals surface area (Å²) >= 11 is 0. The molecule has 1 aromatic carbocycles. The number of aryl methyl sites for hydroxylation is 1. The number of ether oxygens (including phenoxy) is 1. The lowest BCUT2D eigenvalue weighted by Gasteiger charge is -2.02. The molecular formula is C12H13NO. The summed E-state index contributed by atoms with van der Waals surface area (Å²) in [5.74, 6) is 0.668. The summed E-state index contributed by atoms with van der Waals surface area (Å²) in [6.45, 7) is 2.15. The molecule has 0 saturated heterocycles. The molecule has 1 heterocycles. The maximum atomic E-state index is 5.07. The minimum atomic E-state index is 0.668. The van der Waals surface area contributed by atoms with Gasteiger partial charge in [-0.3, -0.25) is 0 Å². The van der Waals surface area contributed by atoms with E-state index in [4.69, 9.17) is 4.74 Å². The van der Waals surface area contributed by atoms with Crippen LogP contribution in [0.4, 0.5) is 0 Å². The lowest BCUT2D eigenvalue weighted by Crippen LogP contribution is -1.88. The minimum Gasteiger partial charge on any atom is -0.481 e. The predicted octanol–water partition coefficient (Wildman–Crippen LogP) is 2.81. The number of nitrogens with zero attached hydrogens (tertiary/aromatic N) is 1. The molecule has 0 bridgehead atoms. The molecule has 0 fully saturated rings. The lowest BCUT2D eigenvalue weighted by atomic mass is 10.1. The molecule has 0 aliphatic rings. The first-order valence-corrected chi connectivity index (χ1v) is 4.77. The van der Waals surface area contributed by atoms with Crippen molar-refractivity contribution in [2.75, 3.05) is 7.11 Å². The molecule has 0 N–H and O–H groups in total. The van der Waals surface area contributed by atoms with E-state index in [0.29, 0.717) is 5.88 Å². The van der Waals surface area contributed by atoms with E-state index >= 15 is 0 Å². The zero-order chi connectivity index (χ0) is 9.97. The summed E-state index contributed by atoms with van der Waals surface area (Å²) in [5.41, 5.74) is 2.33. The third-order valence-corrected chi connectivity index (χ3v) is 2.35. The number of benzene rings is 1. The Hall–Kier alpha value is -1.57. The highest BCUT2D eigenvalue weighted by molar-refractivity contribution is 5.79. The van der Waals surface area contributed by atoms with Crippen LogP contribution in [0.5, 0.6) is 5.88 Å². The fourth-order valence-corrected chi connectivity index (χ4v) is 1.49. The third kappa shape index (κ3) is 1.55. The highest BCUT2D eigenvalue weighted by Crippen LogP contribution is 2.17. The largest absolute Gasteiger partial charge is 0.481 e. The van der Waals surface area contributed by atoms with E-state index in [1.165, 1.54) is 10.9 Å². The van der Waals surface area contributed by atoms with Crippen molar-refractivity contribution in [3.63, 3.8) is 0 Å². The van der Waals surface area contributed by atoms with Crippen molar-refractivity contribution in [1.29, 1.82) is 0 Å². The maximum absolute atomic E-state index is 5.07. The Morgan fingerprint density at radius 1 is 1.21 bits per heavy atom. The third-order valence-electron chi connectivity index (χ3n) is 2.35. The Labute approximate surface area is 83.5 Å². The van der Waals surface area contributed by atoms with Gasteiger partial charge in [0.25, 0.3) is 0 Å². The molecule has 2 aromatic rings. The van der Waals surface area contributed by atoms with Crippen molar-refractivity contribution >= 4 is 10.9 Å². The van der Waals surface area contributed by atoms with Crippen LogP contribution in [0.25, 0.3) is 10.9 Å². The molecule has 2 rings (SSSR count). The fraction of sp³-hybridized carbons (Fsp3) is 0.250. The fourth-order valence-electron chi connectivity index (χ4n) is 1.49. The number of methoxy groups -OCH3 is 1. The van der Waals surface area contributed by atoms with Crippen molar-refractivity contribution in [2.45, 2.75) is 13.3 Å².